The van der Waals surface area contributed by atoms with E-state index in [2.05, 4.69) is 20.6 Å². The number of amides is 1. The number of benzene rings is 1. The van der Waals surface area contributed by atoms with Crippen molar-refractivity contribution in [2.24, 2.45) is 4.99 Å². The lowest BCUT2D eigenvalue weighted by Gasteiger charge is -2.20. The molecule has 1 aromatic heterocycles. The van der Waals surface area contributed by atoms with Gasteiger partial charge >= 0.3 is 0 Å². The van der Waals surface area contributed by atoms with Gasteiger partial charge in [0.05, 0.1) is 13.2 Å². The first-order chi connectivity index (χ1) is 13.6. The topological polar surface area (TPSA) is 89.9 Å². The molecule has 158 valence electrons. The van der Waals surface area contributed by atoms with Gasteiger partial charge in [0, 0.05) is 51.4 Å². The van der Waals surface area contributed by atoms with Crippen LogP contribution >= 0.6 is 24.0 Å². The van der Waals surface area contributed by atoms with E-state index in [9.17, 15) is 9.90 Å². The highest BCUT2D eigenvalue weighted by atomic mass is 127. The number of halogens is 1. The summed E-state index contributed by atoms with van der Waals surface area (Å²) < 4.78 is 0. The Labute approximate surface area is 189 Å². The van der Waals surface area contributed by atoms with E-state index in [0.717, 1.165) is 11.3 Å². The molecule has 0 aliphatic rings. The van der Waals surface area contributed by atoms with Crippen LogP contribution in [0.5, 0.6) is 0 Å². The lowest BCUT2D eigenvalue weighted by Crippen LogP contribution is -2.45. The van der Waals surface area contributed by atoms with Gasteiger partial charge in [-0.05, 0) is 17.7 Å². The molecule has 1 aromatic carbocycles. The molecule has 0 bridgehead atoms. The Hall–Kier alpha value is -2.20. The van der Waals surface area contributed by atoms with Crippen LogP contribution in [-0.4, -0.2) is 67.2 Å². The molecule has 1 unspecified atom stereocenters. The van der Waals surface area contributed by atoms with Gasteiger partial charge in [-0.3, -0.25) is 14.8 Å². The van der Waals surface area contributed by atoms with E-state index < -0.39 is 0 Å². The minimum absolute atomic E-state index is 0. The summed E-state index contributed by atoms with van der Waals surface area (Å²) in [4.78, 5) is 22.4. The van der Waals surface area contributed by atoms with Crippen molar-refractivity contribution in [3.63, 3.8) is 0 Å². The number of nitrogens with zero attached hydrogens (tertiary/aromatic N) is 3. The molecule has 29 heavy (non-hydrogen) atoms. The predicted molar refractivity (Wildman–Crippen MR) is 127 cm³/mol. The molecule has 0 radical (unpaired) electrons. The third-order valence-electron chi connectivity index (χ3n) is 4.49. The number of hydrogen-bond donors (Lipinski definition) is 3. The molecule has 0 saturated heterocycles. The van der Waals surface area contributed by atoms with Crippen LogP contribution in [0.2, 0.25) is 0 Å². The SMILES string of the molecule is CN=C(NCC(=O)N(C)CCc1ccccn1)NCC(CO)c1ccccc1.I. The molecule has 0 fully saturated rings. The number of rotatable bonds is 9. The number of likely N-dealkylation sites (N-methyl/N-ethyl adjacent to an activating group) is 1. The lowest BCUT2D eigenvalue weighted by atomic mass is 10.0. The van der Waals surface area contributed by atoms with Crippen LogP contribution in [0.25, 0.3) is 0 Å². The van der Waals surface area contributed by atoms with Crippen molar-refractivity contribution in [2.45, 2.75) is 12.3 Å². The van der Waals surface area contributed by atoms with Gasteiger partial charge in [0.15, 0.2) is 5.96 Å². The number of carbonyl (C=O) groups excluding carboxylic acids is 1. The summed E-state index contributed by atoms with van der Waals surface area (Å²) in [5, 5.41) is 15.8. The number of guanidine groups is 1. The van der Waals surface area contributed by atoms with Crippen molar-refractivity contribution in [2.75, 3.05) is 40.3 Å². The minimum atomic E-state index is -0.0449. The first-order valence-corrected chi connectivity index (χ1v) is 9.38. The molecular formula is C21H30IN5O2. The van der Waals surface area contributed by atoms with Crippen LogP contribution in [0.1, 0.15) is 17.2 Å². The fraction of sp³-hybridized carbons (Fsp3) is 0.381. The van der Waals surface area contributed by atoms with Gasteiger partial charge < -0.3 is 20.6 Å². The van der Waals surface area contributed by atoms with E-state index in [4.69, 9.17) is 0 Å². The highest BCUT2D eigenvalue weighted by molar-refractivity contribution is 14.0. The highest BCUT2D eigenvalue weighted by Gasteiger charge is 2.13. The van der Waals surface area contributed by atoms with E-state index in [1.165, 1.54) is 0 Å². The summed E-state index contributed by atoms with van der Waals surface area (Å²) >= 11 is 0. The normalized spacial score (nSPS) is 11.9. The average Bonchev–Trinajstić information content (AvgIpc) is 2.75. The van der Waals surface area contributed by atoms with Gasteiger partial charge in [-0.2, -0.15) is 0 Å². The smallest absolute Gasteiger partial charge is 0.241 e. The highest BCUT2D eigenvalue weighted by Crippen LogP contribution is 2.13. The fourth-order valence-electron chi connectivity index (χ4n) is 2.70. The zero-order valence-electron chi connectivity index (χ0n) is 16.9. The van der Waals surface area contributed by atoms with Crippen molar-refractivity contribution in [3.05, 3.63) is 66.0 Å². The van der Waals surface area contributed by atoms with Crippen molar-refractivity contribution in [1.82, 2.24) is 20.5 Å². The Morgan fingerprint density at radius 3 is 2.52 bits per heavy atom. The lowest BCUT2D eigenvalue weighted by molar-refractivity contribution is -0.128. The largest absolute Gasteiger partial charge is 0.396 e. The first-order valence-electron chi connectivity index (χ1n) is 9.38. The summed E-state index contributed by atoms with van der Waals surface area (Å²) in [6.45, 7) is 1.30. The molecule has 0 aliphatic carbocycles. The van der Waals surface area contributed by atoms with Gasteiger partial charge in [0.2, 0.25) is 5.91 Å². The Balaban J connectivity index is 0.00000420. The molecule has 1 heterocycles. The van der Waals surface area contributed by atoms with Gasteiger partial charge in [-0.15, -0.1) is 24.0 Å². The molecule has 2 aromatic rings. The maximum absolute atomic E-state index is 12.3. The second-order valence-corrected chi connectivity index (χ2v) is 6.48. The van der Waals surface area contributed by atoms with E-state index in [1.54, 1.807) is 25.2 Å². The first kappa shape index (κ1) is 24.8. The number of carbonyl (C=O) groups is 1. The molecule has 0 saturated carbocycles. The Kier molecular flexibility index (Phi) is 11.9. The van der Waals surface area contributed by atoms with Crippen molar-refractivity contribution < 1.29 is 9.90 Å². The van der Waals surface area contributed by atoms with Gasteiger partial charge in [-0.25, -0.2) is 0 Å². The molecule has 2 rings (SSSR count). The van der Waals surface area contributed by atoms with Gasteiger partial charge in [-0.1, -0.05) is 36.4 Å². The van der Waals surface area contributed by atoms with Crippen LogP contribution in [0.3, 0.4) is 0 Å². The van der Waals surface area contributed by atoms with E-state index >= 15 is 0 Å². The predicted octanol–water partition coefficient (Wildman–Crippen LogP) is 1.64. The third-order valence-corrected chi connectivity index (χ3v) is 4.49. The maximum atomic E-state index is 12.3. The number of aliphatic hydroxyl groups is 1. The standard InChI is InChI=1S/C21H29N5O2.HI/c1-22-21(24-14-18(16-27)17-8-4-3-5-9-17)25-15-20(28)26(2)13-11-19-10-6-7-12-23-19;/h3-10,12,18,27H,11,13-16H2,1-2H3,(H2,22,24,25);1H. The molecule has 1 amide bonds. The van der Waals surface area contributed by atoms with Crippen LogP contribution in [0.15, 0.2) is 59.7 Å². The number of pyridine rings is 1. The number of aliphatic hydroxyl groups excluding tert-OH is 1. The fourth-order valence-corrected chi connectivity index (χ4v) is 2.70. The second kappa shape index (κ2) is 13.9. The third kappa shape index (κ3) is 8.78. The van der Waals surface area contributed by atoms with Crippen molar-refractivity contribution in [1.29, 1.82) is 0 Å². The monoisotopic (exact) mass is 511 g/mol. The van der Waals surface area contributed by atoms with E-state index in [1.807, 2.05) is 48.5 Å². The molecule has 0 aliphatic heterocycles. The number of aromatic nitrogens is 1. The van der Waals surface area contributed by atoms with Crippen LogP contribution in [0, 0.1) is 0 Å². The summed E-state index contributed by atoms with van der Waals surface area (Å²) in [5.74, 6) is 0.456. The summed E-state index contributed by atoms with van der Waals surface area (Å²) in [7, 11) is 3.43. The summed E-state index contributed by atoms with van der Waals surface area (Å²) in [5.41, 5.74) is 2.02. The van der Waals surface area contributed by atoms with E-state index in [-0.39, 0.29) is 49.0 Å². The number of aliphatic imine (C=N–C) groups is 1. The van der Waals surface area contributed by atoms with Gasteiger partial charge in [0.25, 0.3) is 0 Å². The Morgan fingerprint density at radius 2 is 1.90 bits per heavy atom. The van der Waals surface area contributed by atoms with Crippen LogP contribution in [-0.2, 0) is 11.2 Å². The molecule has 7 nitrogen and oxygen atoms in total. The quantitative estimate of drug-likeness (QED) is 0.271. The maximum Gasteiger partial charge on any atom is 0.241 e. The van der Waals surface area contributed by atoms with E-state index in [0.29, 0.717) is 25.5 Å². The Bertz CT molecular complexity index is 743. The molecular weight excluding hydrogens is 481 g/mol. The van der Waals surface area contributed by atoms with Crippen LogP contribution < -0.4 is 10.6 Å². The average molecular weight is 511 g/mol. The summed E-state index contributed by atoms with van der Waals surface area (Å²) in [6, 6.07) is 15.6. The number of nitrogens with one attached hydrogen (secondary N) is 2. The minimum Gasteiger partial charge on any atom is -0.396 e. The summed E-state index contributed by atoms with van der Waals surface area (Å²) in [6.07, 6.45) is 2.47. The zero-order valence-corrected chi connectivity index (χ0v) is 19.2. The Morgan fingerprint density at radius 1 is 1.17 bits per heavy atom. The van der Waals surface area contributed by atoms with Crippen molar-refractivity contribution in [3.8, 4) is 0 Å². The van der Waals surface area contributed by atoms with Crippen LogP contribution in [0.4, 0.5) is 0 Å². The second-order valence-electron chi connectivity index (χ2n) is 6.48. The molecule has 0 spiro atoms. The molecule has 3 N–H and O–H groups in total. The molecule has 1 atom stereocenters. The number of hydrogen-bond acceptors (Lipinski definition) is 4. The van der Waals surface area contributed by atoms with Gasteiger partial charge in [0.1, 0.15) is 0 Å². The van der Waals surface area contributed by atoms with Crippen molar-refractivity contribution >= 4 is 35.8 Å². The molecule has 8 heteroatoms. The zero-order chi connectivity index (χ0) is 20.2.